The molecule has 0 heterocycles. The van der Waals surface area contributed by atoms with Crippen molar-refractivity contribution in [1.29, 1.82) is 0 Å². The first-order chi connectivity index (χ1) is 8.54. The van der Waals surface area contributed by atoms with Crippen LogP contribution in [-0.2, 0) is 4.79 Å². The van der Waals surface area contributed by atoms with E-state index in [2.05, 4.69) is 25.7 Å². The summed E-state index contributed by atoms with van der Waals surface area (Å²) in [5, 5.41) is 2.70. The van der Waals surface area contributed by atoms with Gasteiger partial charge in [0.05, 0.1) is 0 Å². The van der Waals surface area contributed by atoms with Crippen LogP contribution in [0.4, 0.5) is 0 Å². The minimum absolute atomic E-state index is 0.136. The summed E-state index contributed by atoms with van der Waals surface area (Å²) >= 11 is 0. The molecular weight excluding hydrogens is 226 g/mol. The molecule has 1 aromatic rings. The second-order valence-corrected chi connectivity index (χ2v) is 4.52. The second-order valence-electron chi connectivity index (χ2n) is 4.52. The number of carbonyl (C=O) groups is 1. The maximum absolute atomic E-state index is 11.6. The zero-order valence-electron chi connectivity index (χ0n) is 11.3. The van der Waals surface area contributed by atoms with Gasteiger partial charge >= 0.3 is 0 Å². The lowest BCUT2D eigenvalue weighted by molar-refractivity contribution is -0.127. The predicted molar refractivity (Wildman–Crippen MR) is 73.8 cm³/mol. The smallest absolute Gasteiger partial charge is 0.261 e. The third kappa shape index (κ3) is 4.24. The fourth-order valence-electron chi connectivity index (χ4n) is 1.51. The van der Waals surface area contributed by atoms with Crippen molar-refractivity contribution in [3.05, 3.63) is 42.5 Å². The molecule has 1 unspecified atom stereocenters. The lowest BCUT2D eigenvalue weighted by Crippen LogP contribution is -2.36. The van der Waals surface area contributed by atoms with E-state index in [0.29, 0.717) is 18.2 Å². The van der Waals surface area contributed by atoms with Crippen LogP contribution in [0, 0.1) is 0 Å². The number of carbonyl (C=O) groups excluding carboxylic acids is 1. The molecule has 0 aliphatic heterocycles. The van der Waals surface area contributed by atoms with Crippen LogP contribution in [0.5, 0.6) is 5.75 Å². The van der Waals surface area contributed by atoms with Gasteiger partial charge in [-0.2, -0.15) is 0 Å². The van der Waals surface area contributed by atoms with Gasteiger partial charge in [-0.05, 0) is 30.5 Å². The fourth-order valence-corrected chi connectivity index (χ4v) is 1.51. The summed E-state index contributed by atoms with van der Waals surface area (Å²) in [4.78, 5) is 11.6. The molecule has 0 fully saturated rings. The van der Waals surface area contributed by atoms with Crippen LogP contribution in [0.15, 0.2) is 36.9 Å². The molecule has 0 aliphatic rings. The van der Waals surface area contributed by atoms with Gasteiger partial charge in [-0.3, -0.25) is 4.79 Å². The monoisotopic (exact) mass is 247 g/mol. The van der Waals surface area contributed by atoms with Crippen LogP contribution in [-0.4, -0.2) is 18.6 Å². The van der Waals surface area contributed by atoms with E-state index in [1.165, 1.54) is 5.56 Å². The predicted octanol–water partition coefficient (Wildman–Crippen LogP) is 2.88. The van der Waals surface area contributed by atoms with Gasteiger partial charge in [0.2, 0.25) is 0 Å². The minimum atomic E-state index is -0.505. The molecule has 0 aromatic heterocycles. The number of nitrogens with one attached hydrogen (secondary N) is 1. The lowest BCUT2D eigenvalue weighted by Gasteiger charge is -2.14. The summed E-state index contributed by atoms with van der Waals surface area (Å²) in [5.41, 5.74) is 1.26. The van der Waals surface area contributed by atoms with Crippen molar-refractivity contribution in [3.63, 3.8) is 0 Å². The molecule has 1 amide bonds. The Balaban J connectivity index is 2.56. The number of benzene rings is 1. The molecule has 1 aromatic carbocycles. The van der Waals surface area contributed by atoms with Gasteiger partial charge in [0.15, 0.2) is 6.10 Å². The van der Waals surface area contributed by atoms with E-state index >= 15 is 0 Å². The highest BCUT2D eigenvalue weighted by atomic mass is 16.5. The Morgan fingerprint density at radius 2 is 1.94 bits per heavy atom. The molecule has 98 valence electrons. The number of hydrogen-bond donors (Lipinski definition) is 1. The SMILES string of the molecule is C=CCNC(=O)C(C)Oc1ccc(C(C)C)cc1. The molecule has 0 aliphatic carbocycles. The van der Waals surface area contributed by atoms with Gasteiger partial charge in [-0.25, -0.2) is 0 Å². The maximum Gasteiger partial charge on any atom is 0.261 e. The topological polar surface area (TPSA) is 38.3 Å². The molecule has 1 atom stereocenters. The van der Waals surface area contributed by atoms with Crippen LogP contribution in [0.25, 0.3) is 0 Å². The Labute approximate surface area is 109 Å². The molecule has 3 heteroatoms. The van der Waals surface area contributed by atoms with Crippen molar-refractivity contribution in [2.24, 2.45) is 0 Å². The largest absolute Gasteiger partial charge is 0.481 e. The number of rotatable bonds is 6. The summed E-state index contributed by atoms with van der Waals surface area (Å²) in [6.45, 7) is 10.0. The average molecular weight is 247 g/mol. The number of amides is 1. The van der Waals surface area contributed by atoms with E-state index < -0.39 is 6.10 Å². The highest BCUT2D eigenvalue weighted by Gasteiger charge is 2.13. The number of ether oxygens (including phenoxy) is 1. The third-order valence-electron chi connectivity index (χ3n) is 2.65. The zero-order valence-corrected chi connectivity index (χ0v) is 11.3. The van der Waals surface area contributed by atoms with E-state index in [9.17, 15) is 4.79 Å². The maximum atomic E-state index is 11.6. The van der Waals surface area contributed by atoms with Crippen molar-refractivity contribution in [2.75, 3.05) is 6.54 Å². The molecule has 0 radical (unpaired) electrons. The van der Waals surface area contributed by atoms with Crippen LogP contribution in [0.3, 0.4) is 0 Å². The summed E-state index contributed by atoms with van der Waals surface area (Å²) in [6.07, 6.45) is 1.14. The molecular formula is C15H21NO2. The van der Waals surface area contributed by atoms with Crippen molar-refractivity contribution in [2.45, 2.75) is 32.8 Å². The standard InChI is InChI=1S/C15H21NO2/c1-5-10-16-15(17)12(4)18-14-8-6-13(7-9-14)11(2)3/h5-9,11-12H,1,10H2,2-4H3,(H,16,17). The normalized spacial score (nSPS) is 12.0. The molecule has 0 spiro atoms. The molecule has 0 bridgehead atoms. The van der Waals surface area contributed by atoms with Gasteiger partial charge in [0.1, 0.15) is 5.75 Å². The Kier molecular flexibility index (Phi) is 5.43. The molecule has 1 N–H and O–H groups in total. The molecule has 18 heavy (non-hydrogen) atoms. The summed E-state index contributed by atoms with van der Waals surface area (Å²) in [6, 6.07) is 7.84. The van der Waals surface area contributed by atoms with Crippen LogP contribution >= 0.6 is 0 Å². The number of hydrogen-bond acceptors (Lipinski definition) is 2. The highest BCUT2D eigenvalue weighted by Crippen LogP contribution is 2.19. The Morgan fingerprint density at radius 3 is 2.44 bits per heavy atom. The Bertz CT molecular complexity index is 395. The van der Waals surface area contributed by atoms with E-state index in [4.69, 9.17) is 4.74 Å². The Morgan fingerprint density at radius 1 is 1.33 bits per heavy atom. The van der Waals surface area contributed by atoms with E-state index in [-0.39, 0.29) is 5.91 Å². The third-order valence-corrected chi connectivity index (χ3v) is 2.65. The minimum Gasteiger partial charge on any atom is -0.481 e. The summed E-state index contributed by atoms with van der Waals surface area (Å²) in [5.74, 6) is 1.07. The summed E-state index contributed by atoms with van der Waals surface area (Å²) < 4.78 is 5.56. The van der Waals surface area contributed by atoms with E-state index in [1.54, 1.807) is 13.0 Å². The van der Waals surface area contributed by atoms with Crippen LogP contribution < -0.4 is 10.1 Å². The van der Waals surface area contributed by atoms with Gasteiger partial charge in [0, 0.05) is 6.54 Å². The molecule has 0 saturated carbocycles. The zero-order chi connectivity index (χ0) is 13.5. The van der Waals surface area contributed by atoms with Gasteiger partial charge < -0.3 is 10.1 Å². The van der Waals surface area contributed by atoms with Crippen LogP contribution in [0.1, 0.15) is 32.3 Å². The molecule has 3 nitrogen and oxygen atoms in total. The molecule has 1 rings (SSSR count). The van der Waals surface area contributed by atoms with E-state index in [1.807, 2.05) is 24.3 Å². The van der Waals surface area contributed by atoms with Crippen molar-refractivity contribution < 1.29 is 9.53 Å². The molecule has 0 saturated heterocycles. The van der Waals surface area contributed by atoms with Gasteiger partial charge in [-0.15, -0.1) is 6.58 Å². The summed E-state index contributed by atoms with van der Waals surface area (Å²) in [7, 11) is 0. The first-order valence-electron chi connectivity index (χ1n) is 6.19. The highest BCUT2D eigenvalue weighted by molar-refractivity contribution is 5.80. The fraction of sp³-hybridized carbons (Fsp3) is 0.400. The Hall–Kier alpha value is -1.77. The lowest BCUT2D eigenvalue weighted by atomic mass is 10.0. The quantitative estimate of drug-likeness (QED) is 0.785. The average Bonchev–Trinajstić information content (AvgIpc) is 2.36. The first kappa shape index (κ1) is 14.3. The second kappa shape index (κ2) is 6.84. The van der Waals surface area contributed by atoms with Crippen LogP contribution in [0.2, 0.25) is 0 Å². The van der Waals surface area contributed by atoms with Crippen molar-refractivity contribution in [3.8, 4) is 5.75 Å². The van der Waals surface area contributed by atoms with Crippen molar-refractivity contribution in [1.82, 2.24) is 5.32 Å². The van der Waals surface area contributed by atoms with Gasteiger partial charge in [-0.1, -0.05) is 32.1 Å². The van der Waals surface area contributed by atoms with E-state index in [0.717, 1.165) is 0 Å². The van der Waals surface area contributed by atoms with Crippen molar-refractivity contribution >= 4 is 5.91 Å². The van der Waals surface area contributed by atoms with Gasteiger partial charge in [0.25, 0.3) is 5.91 Å². The first-order valence-corrected chi connectivity index (χ1v) is 6.19.